The van der Waals surface area contributed by atoms with E-state index in [4.69, 9.17) is 4.52 Å². The summed E-state index contributed by atoms with van der Waals surface area (Å²) in [7, 11) is 0. The lowest BCUT2D eigenvalue weighted by atomic mass is 10.1. The Bertz CT molecular complexity index is 1010. The minimum absolute atomic E-state index is 0.0595. The van der Waals surface area contributed by atoms with Gasteiger partial charge in [-0.05, 0) is 32.4 Å². The first-order chi connectivity index (χ1) is 13.0. The van der Waals surface area contributed by atoms with Crippen molar-refractivity contribution in [3.8, 4) is 22.8 Å². The summed E-state index contributed by atoms with van der Waals surface area (Å²) >= 11 is 0. The highest BCUT2D eigenvalue weighted by Crippen LogP contribution is 2.22. The Morgan fingerprint density at radius 1 is 1.26 bits per heavy atom. The van der Waals surface area contributed by atoms with Crippen LogP contribution in [0.25, 0.3) is 22.8 Å². The smallest absolute Gasteiger partial charge is 0.259 e. The van der Waals surface area contributed by atoms with Crippen molar-refractivity contribution in [2.75, 3.05) is 0 Å². The molecule has 3 aromatic rings. The average Bonchev–Trinajstić information content (AvgIpc) is 3.13. The normalized spacial score (nSPS) is 12.0. The zero-order valence-electron chi connectivity index (χ0n) is 15.6. The molecule has 0 aliphatic rings. The molecule has 3 rings (SSSR count). The third-order valence-corrected chi connectivity index (χ3v) is 4.27. The molecule has 1 amide bonds. The minimum atomic E-state index is -0.267. The van der Waals surface area contributed by atoms with Crippen molar-refractivity contribution in [1.29, 1.82) is 0 Å². The van der Waals surface area contributed by atoms with Gasteiger partial charge in [-0.25, -0.2) is 0 Å². The number of carbonyl (C=O) groups is 1. The first-order valence-corrected chi connectivity index (χ1v) is 8.87. The van der Waals surface area contributed by atoms with Gasteiger partial charge in [-0.1, -0.05) is 35.8 Å². The van der Waals surface area contributed by atoms with Gasteiger partial charge in [0.05, 0.1) is 5.56 Å². The molecule has 0 radical (unpaired) electrons. The molecule has 1 atom stereocenters. The molecule has 0 saturated carbocycles. The van der Waals surface area contributed by atoms with E-state index in [1.54, 1.807) is 12.3 Å². The number of hydrogen-bond acceptors (Lipinski definition) is 5. The van der Waals surface area contributed by atoms with Crippen LogP contribution in [-0.2, 0) is 11.3 Å². The van der Waals surface area contributed by atoms with Gasteiger partial charge in [0.1, 0.15) is 6.54 Å². The molecular formula is C20H22N4O3. The monoisotopic (exact) mass is 366 g/mol. The van der Waals surface area contributed by atoms with Crippen LogP contribution in [0.2, 0.25) is 0 Å². The molecule has 2 aromatic heterocycles. The van der Waals surface area contributed by atoms with Gasteiger partial charge < -0.3 is 14.4 Å². The van der Waals surface area contributed by atoms with Crippen molar-refractivity contribution in [3.63, 3.8) is 0 Å². The molecule has 0 bridgehead atoms. The Morgan fingerprint density at radius 2 is 2.07 bits per heavy atom. The van der Waals surface area contributed by atoms with E-state index in [9.17, 15) is 9.59 Å². The molecule has 2 heterocycles. The number of rotatable bonds is 6. The highest BCUT2D eigenvalue weighted by atomic mass is 16.5. The molecule has 7 nitrogen and oxygen atoms in total. The van der Waals surface area contributed by atoms with Crippen LogP contribution >= 0.6 is 0 Å². The zero-order valence-corrected chi connectivity index (χ0v) is 15.6. The van der Waals surface area contributed by atoms with Gasteiger partial charge >= 0.3 is 0 Å². The van der Waals surface area contributed by atoms with Gasteiger partial charge in [-0.3, -0.25) is 9.59 Å². The predicted octanol–water partition coefficient (Wildman–Crippen LogP) is 2.79. The van der Waals surface area contributed by atoms with E-state index in [2.05, 4.69) is 15.5 Å². The minimum Gasteiger partial charge on any atom is -0.352 e. The number of hydrogen-bond donors (Lipinski definition) is 1. The van der Waals surface area contributed by atoms with Crippen molar-refractivity contribution >= 4 is 5.91 Å². The van der Waals surface area contributed by atoms with Gasteiger partial charge in [0, 0.05) is 23.9 Å². The summed E-state index contributed by atoms with van der Waals surface area (Å²) < 4.78 is 6.69. The van der Waals surface area contributed by atoms with Crippen LogP contribution in [0.1, 0.15) is 25.8 Å². The first-order valence-electron chi connectivity index (χ1n) is 8.87. The van der Waals surface area contributed by atoms with Crippen molar-refractivity contribution in [2.24, 2.45) is 0 Å². The molecule has 140 valence electrons. The topological polar surface area (TPSA) is 90.0 Å². The second-order valence-electron chi connectivity index (χ2n) is 6.55. The summed E-state index contributed by atoms with van der Waals surface area (Å²) in [5, 5.41) is 6.86. The molecule has 1 N–H and O–H groups in total. The Balaban J connectivity index is 1.84. The maximum atomic E-state index is 12.1. The van der Waals surface area contributed by atoms with E-state index in [0.717, 1.165) is 17.5 Å². The second kappa shape index (κ2) is 7.99. The summed E-state index contributed by atoms with van der Waals surface area (Å²) in [6, 6.07) is 10.9. The fraction of sp³-hybridized carbons (Fsp3) is 0.300. The number of amides is 1. The fourth-order valence-corrected chi connectivity index (χ4v) is 2.60. The summed E-state index contributed by atoms with van der Waals surface area (Å²) in [5.74, 6) is 0.554. The standard InChI is InChI=1S/C20H22N4O3/c1-4-14(3)21-17(25)12-24-11-16(8-9-18(24)26)20-22-19(23-27-20)15-7-5-6-13(2)10-15/h5-11,14H,4,12H2,1-3H3,(H,21,25)/t14-/m0/s1. The number of aryl methyl sites for hydroxylation is 1. The number of carbonyl (C=O) groups excluding carboxylic acids is 1. The van der Waals surface area contributed by atoms with Crippen LogP contribution in [0, 0.1) is 6.92 Å². The van der Waals surface area contributed by atoms with Gasteiger partial charge in [0.15, 0.2) is 0 Å². The van der Waals surface area contributed by atoms with Crippen LogP contribution in [0.15, 0.2) is 51.9 Å². The third-order valence-electron chi connectivity index (χ3n) is 4.27. The lowest BCUT2D eigenvalue weighted by Crippen LogP contribution is -2.36. The van der Waals surface area contributed by atoms with E-state index in [1.165, 1.54) is 10.6 Å². The van der Waals surface area contributed by atoms with Crippen LogP contribution in [0.4, 0.5) is 0 Å². The lowest BCUT2D eigenvalue weighted by molar-refractivity contribution is -0.122. The summed E-state index contributed by atoms with van der Waals surface area (Å²) in [6.07, 6.45) is 2.39. The highest BCUT2D eigenvalue weighted by molar-refractivity contribution is 5.76. The molecule has 0 aliphatic heterocycles. The summed E-state index contributed by atoms with van der Waals surface area (Å²) in [5.41, 5.74) is 2.26. The number of pyridine rings is 1. The first kappa shape index (κ1) is 18.6. The van der Waals surface area contributed by atoms with E-state index >= 15 is 0 Å². The summed E-state index contributed by atoms with van der Waals surface area (Å²) in [4.78, 5) is 28.6. The molecule has 0 fully saturated rings. The second-order valence-corrected chi connectivity index (χ2v) is 6.55. The molecule has 7 heteroatoms. The largest absolute Gasteiger partial charge is 0.352 e. The van der Waals surface area contributed by atoms with E-state index in [-0.39, 0.29) is 24.1 Å². The Morgan fingerprint density at radius 3 is 2.81 bits per heavy atom. The van der Waals surface area contributed by atoms with Crippen LogP contribution in [-0.4, -0.2) is 26.7 Å². The molecule has 1 aromatic carbocycles. The maximum Gasteiger partial charge on any atom is 0.259 e. The quantitative estimate of drug-likeness (QED) is 0.724. The van der Waals surface area contributed by atoms with E-state index < -0.39 is 0 Å². The molecule has 27 heavy (non-hydrogen) atoms. The van der Waals surface area contributed by atoms with E-state index in [1.807, 2.05) is 45.0 Å². The van der Waals surface area contributed by atoms with Crippen molar-refractivity contribution in [2.45, 2.75) is 39.8 Å². The van der Waals surface area contributed by atoms with Gasteiger partial charge in [-0.2, -0.15) is 4.98 Å². The van der Waals surface area contributed by atoms with Crippen molar-refractivity contribution in [3.05, 3.63) is 58.5 Å². The van der Waals surface area contributed by atoms with Crippen LogP contribution < -0.4 is 10.9 Å². The SMILES string of the molecule is CC[C@H](C)NC(=O)Cn1cc(-c2nc(-c3cccc(C)c3)no2)ccc1=O. The highest BCUT2D eigenvalue weighted by Gasteiger charge is 2.13. The lowest BCUT2D eigenvalue weighted by Gasteiger charge is -2.12. The number of nitrogens with one attached hydrogen (secondary N) is 1. The van der Waals surface area contributed by atoms with E-state index in [0.29, 0.717) is 17.3 Å². The molecule has 0 spiro atoms. The zero-order chi connectivity index (χ0) is 19.4. The van der Waals surface area contributed by atoms with Gasteiger partial charge in [0.25, 0.3) is 11.4 Å². The molecular weight excluding hydrogens is 344 g/mol. The van der Waals surface area contributed by atoms with Crippen LogP contribution in [0.5, 0.6) is 0 Å². The number of aromatic nitrogens is 3. The van der Waals surface area contributed by atoms with Crippen molar-refractivity contribution in [1.82, 2.24) is 20.0 Å². The Hall–Kier alpha value is -3.22. The van der Waals surface area contributed by atoms with Gasteiger partial charge in [-0.15, -0.1) is 0 Å². The van der Waals surface area contributed by atoms with Gasteiger partial charge in [0.2, 0.25) is 11.7 Å². The van der Waals surface area contributed by atoms with Crippen molar-refractivity contribution < 1.29 is 9.32 Å². The third kappa shape index (κ3) is 4.49. The Labute approximate surface area is 157 Å². The Kier molecular flexibility index (Phi) is 5.49. The predicted molar refractivity (Wildman–Crippen MR) is 102 cm³/mol. The summed E-state index contributed by atoms with van der Waals surface area (Å²) in [6.45, 7) is 5.84. The fourth-order valence-electron chi connectivity index (χ4n) is 2.60. The number of benzene rings is 1. The number of nitrogens with zero attached hydrogens (tertiary/aromatic N) is 3. The molecule has 0 aliphatic carbocycles. The van der Waals surface area contributed by atoms with Crippen LogP contribution in [0.3, 0.4) is 0 Å². The average molecular weight is 366 g/mol. The maximum absolute atomic E-state index is 12.1. The molecule has 0 saturated heterocycles. The molecule has 0 unspecified atom stereocenters.